The summed E-state index contributed by atoms with van der Waals surface area (Å²) in [6.07, 6.45) is 1.57. The number of carbonyl (C=O) groups is 1. The van der Waals surface area contributed by atoms with Crippen molar-refractivity contribution in [1.82, 2.24) is 9.62 Å². The zero-order valence-electron chi connectivity index (χ0n) is 17.2. The summed E-state index contributed by atoms with van der Waals surface area (Å²) in [5.41, 5.74) is 2.19. The van der Waals surface area contributed by atoms with Crippen LogP contribution in [0.15, 0.2) is 47.4 Å². The maximum absolute atomic E-state index is 13.1. The van der Waals surface area contributed by atoms with Crippen LogP contribution in [0, 0.1) is 5.92 Å². The van der Waals surface area contributed by atoms with E-state index in [9.17, 15) is 13.2 Å². The predicted molar refractivity (Wildman–Crippen MR) is 117 cm³/mol. The number of rotatable bonds is 8. The van der Waals surface area contributed by atoms with E-state index in [1.54, 1.807) is 0 Å². The van der Waals surface area contributed by atoms with Gasteiger partial charge in [0.2, 0.25) is 10.0 Å². The molecular weight excluding hydrogens is 424 g/mol. The highest BCUT2D eigenvalue weighted by atomic mass is 35.5. The fourth-order valence-electron chi connectivity index (χ4n) is 3.28. The molecule has 8 heteroatoms. The Balaban J connectivity index is 1.64. The summed E-state index contributed by atoms with van der Waals surface area (Å²) in [7, 11) is -3.68. The number of sulfonamides is 1. The summed E-state index contributed by atoms with van der Waals surface area (Å²) in [5, 5.41) is 2.94. The van der Waals surface area contributed by atoms with E-state index in [0.29, 0.717) is 32.0 Å². The van der Waals surface area contributed by atoms with E-state index in [1.807, 2.05) is 24.3 Å². The zero-order chi connectivity index (χ0) is 21.7. The summed E-state index contributed by atoms with van der Waals surface area (Å²) in [4.78, 5) is 12.0. The lowest BCUT2D eigenvalue weighted by Crippen LogP contribution is -2.35. The van der Waals surface area contributed by atoms with Gasteiger partial charge in [-0.25, -0.2) is 8.42 Å². The zero-order valence-corrected chi connectivity index (χ0v) is 18.8. The highest BCUT2D eigenvalue weighted by Crippen LogP contribution is 2.30. The first-order chi connectivity index (χ1) is 14.3. The van der Waals surface area contributed by atoms with Gasteiger partial charge in [-0.05, 0) is 48.1 Å². The smallest absolute Gasteiger partial charge is 0.257 e. The summed E-state index contributed by atoms with van der Waals surface area (Å²) >= 11 is 6.25. The third kappa shape index (κ3) is 5.53. The van der Waals surface area contributed by atoms with Gasteiger partial charge >= 0.3 is 0 Å². The molecule has 0 saturated carbocycles. The molecule has 0 bridgehead atoms. The van der Waals surface area contributed by atoms with Crippen LogP contribution in [0.1, 0.15) is 31.4 Å². The molecule has 0 aliphatic carbocycles. The number of nitrogens with one attached hydrogen (secondary N) is 1. The van der Waals surface area contributed by atoms with E-state index < -0.39 is 10.0 Å². The van der Waals surface area contributed by atoms with Gasteiger partial charge in [-0.1, -0.05) is 49.7 Å². The Bertz CT molecular complexity index is 1010. The largest absolute Gasteiger partial charge is 0.482 e. The summed E-state index contributed by atoms with van der Waals surface area (Å²) in [6.45, 7) is 5.34. The lowest BCUT2D eigenvalue weighted by molar-refractivity contribution is -0.123. The Labute approximate surface area is 183 Å². The number of amides is 1. The molecule has 3 rings (SSSR count). The topological polar surface area (TPSA) is 75.7 Å². The summed E-state index contributed by atoms with van der Waals surface area (Å²) in [5.74, 6) is 0.539. The molecule has 0 aromatic heterocycles. The molecular formula is C22H27ClN2O4S. The Morgan fingerprint density at radius 1 is 1.20 bits per heavy atom. The molecule has 1 heterocycles. The molecule has 1 aliphatic heterocycles. The third-order valence-electron chi connectivity index (χ3n) is 5.04. The van der Waals surface area contributed by atoms with Crippen LogP contribution in [-0.4, -0.2) is 38.3 Å². The van der Waals surface area contributed by atoms with Gasteiger partial charge in [0.25, 0.3) is 5.91 Å². The fraction of sp³-hybridized carbons (Fsp3) is 0.409. The summed E-state index contributed by atoms with van der Waals surface area (Å²) in [6, 6.07) is 12.2. The van der Waals surface area contributed by atoms with Gasteiger partial charge in [-0.3, -0.25) is 4.79 Å². The maximum Gasteiger partial charge on any atom is 0.257 e. The van der Waals surface area contributed by atoms with E-state index in [2.05, 4.69) is 19.2 Å². The van der Waals surface area contributed by atoms with Gasteiger partial charge in [0.05, 0.1) is 9.92 Å². The molecule has 0 spiro atoms. The van der Waals surface area contributed by atoms with Gasteiger partial charge in [0.15, 0.2) is 6.61 Å². The Hall–Kier alpha value is -2.09. The lowest BCUT2D eigenvalue weighted by atomic mass is 10.0. The Morgan fingerprint density at radius 2 is 1.93 bits per heavy atom. The normalized spacial score (nSPS) is 14.4. The summed E-state index contributed by atoms with van der Waals surface area (Å²) < 4.78 is 33.0. The van der Waals surface area contributed by atoms with Crippen molar-refractivity contribution in [1.29, 1.82) is 0 Å². The highest BCUT2D eigenvalue weighted by Gasteiger charge is 2.28. The number of hydrogen-bond donors (Lipinski definition) is 1. The van der Waals surface area contributed by atoms with Crippen molar-refractivity contribution in [2.75, 3.05) is 19.7 Å². The number of ether oxygens (including phenoxy) is 1. The van der Waals surface area contributed by atoms with E-state index in [1.165, 1.54) is 28.1 Å². The van der Waals surface area contributed by atoms with Gasteiger partial charge in [-0.15, -0.1) is 0 Å². The van der Waals surface area contributed by atoms with Crippen molar-refractivity contribution in [3.63, 3.8) is 0 Å². The van der Waals surface area contributed by atoms with Crippen LogP contribution in [0.4, 0.5) is 0 Å². The van der Waals surface area contributed by atoms with E-state index in [-0.39, 0.29) is 28.2 Å². The monoisotopic (exact) mass is 450 g/mol. The molecule has 162 valence electrons. The highest BCUT2D eigenvalue weighted by molar-refractivity contribution is 7.89. The van der Waals surface area contributed by atoms with Crippen LogP contribution in [0.2, 0.25) is 5.02 Å². The first-order valence-electron chi connectivity index (χ1n) is 10.0. The first kappa shape index (κ1) is 22.6. The Kier molecular flexibility index (Phi) is 7.39. The SMILES string of the molecule is CC(C)CCNC(=O)COc1ccc(S(=O)(=O)N2CCc3ccccc3C2)cc1Cl. The number of hydrogen-bond acceptors (Lipinski definition) is 4. The van der Waals surface area contributed by atoms with Gasteiger partial charge in [-0.2, -0.15) is 4.31 Å². The quantitative estimate of drug-likeness (QED) is 0.666. The lowest BCUT2D eigenvalue weighted by Gasteiger charge is -2.28. The number of benzene rings is 2. The molecule has 2 aromatic rings. The molecule has 0 radical (unpaired) electrons. The molecule has 0 fully saturated rings. The van der Waals surface area contributed by atoms with Crippen LogP contribution < -0.4 is 10.1 Å². The third-order valence-corrected chi connectivity index (χ3v) is 7.18. The second-order valence-corrected chi connectivity index (χ2v) is 10.1. The maximum atomic E-state index is 13.1. The minimum atomic E-state index is -3.68. The minimum Gasteiger partial charge on any atom is -0.482 e. The first-order valence-corrected chi connectivity index (χ1v) is 11.8. The Morgan fingerprint density at radius 3 is 2.63 bits per heavy atom. The van der Waals surface area contributed by atoms with Crippen molar-refractivity contribution >= 4 is 27.5 Å². The molecule has 30 heavy (non-hydrogen) atoms. The molecule has 6 nitrogen and oxygen atoms in total. The molecule has 1 aliphatic rings. The number of halogens is 1. The van der Waals surface area contributed by atoms with Crippen LogP contribution >= 0.6 is 11.6 Å². The van der Waals surface area contributed by atoms with E-state index >= 15 is 0 Å². The van der Waals surface area contributed by atoms with Crippen LogP contribution in [0.25, 0.3) is 0 Å². The fourth-order valence-corrected chi connectivity index (χ4v) is 5.02. The number of fused-ring (bicyclic) bond motifs is 1. The van der Waals surface area contributed by atoms with Crippen molar-refractivity contribution in [3.05, 3.63) is 58.6 Å². The van der Waals surface area contributed by atoms with Gasteiger partial charge in [0, 0.05) is 19.6 Å². The average molecular weight is 451 g/mol. The van der Waals surface area contributed by atoms with E-state index in [4.69, 9.17) is 16.3 Å². The van der Waals surface area contributed by atoms with Crippen molar-refractivity contribution in [3.8, 4) is 5.75 Å². The van der Waals surface area contributed by atoms with Gasteiger partial charge < -0.3 is 10.1 Å². The minimum absolute atomic E-state index is 0.112. The molecule has 0 unspecified atom stereocenters. The van der Waals surface area contributed by atoms with E-state index in [0.717, 1.165) is 12.0 Å². The van der Waals surface area contributed by atoms with Crippen molar-refractivity contribution in [2.45, 2.75) is 38.1 Å². The number of carbonyl (C=O) groups excluding carboxylic acids is 1. The average Bonchev–Trinajstić information content (AvgIpc) is 2.72. The second-order valence-electron chi connectivity index (χ2n) is 7.77. The number of nitrogens with zero attached hydrogens (tertiary/aromatic N) is 1. The van der Waals surface area contributed by atoms with Gasteiger partial charge in [0.1, 0.15) is 5.75 Å². The molecule has 1 N–H and O–H groups in total. The van der Waals surface area contributed by atoms with Crippen molar-refractivity contribution < 1.29 is 17.9 Å². The molecule has 2 aromatic carbocycles. The predicted octanol–water partition coefficient (Wildman–Crippen LogP) is 3.63. The standard InChI is InChI=1S/C22H27ClN2O4S/c1-16(2)9-11-24-22(26)15-29-21-8-7-19(13-20(21)23)30(27,28)25-12-10-17-5-3-4-6-18(17)14-25/h3-8,13,16H,9-12,14-15H2,1-2H3,(H,24,26). The molecule has 0 saturated heterocycles. The second kappa shape index (κ2) is 9.81. The van der Waals surface area contributed by atoms with Crippen LogP contribution in [0.3, 0.4) is 0 Å². The molecule has 0 atom stereocenters. The molecule has 1 amide bonds. The van der Waals surface area contributed by atoms with Crippen molar-refractivity contribution in [2.24, 2.45) is 5.92 Å². The van der Waals surface area contributed by atoms with Crippen LogP contribution in [-0.2, 0) is 27.8 Å². The van der Waals surface area contributed by atoms with Crippen LogP contribution in [0.5, 0.6) is 5.75 Å².